The highest BCUT2D eigenvalue weighted by Gasteiger charge is 2.28. The van der Waals surface area contributed by atoms with Crippen molar-refractivity contribution in [2.45, 2.75) is 44.6 Å². The molecule has 2 fully saturated rings. The summed E-state index contributed by atoms with van der Waals surface area (Å²) in [7, 11) is 0. The number of nitrogens with one attached hydrogen (secondary N) is 1. The van der Waals surface area contributed by atoms with Crippen LogP contribution >= 0.6 is 0 Å². The lowest BCUT2D eigenvalue weighted by molar-refractivity contribution is 0.174. The first kappa shape index (κ1) is 13.7. The Hall–Kier alpha value is -1.75. The summed E-state index contributed by atoms with van der Waals surface area (Å²) in [6.45, 7) is 3.69. The monoisotopic (exact) mass is 313 g/mol. The molecule has 1 aliphatic carbocycles. The zero-order valence-corrected chi connectivity index (χ0v) is 13.4. The maximum atomic E-state index is 5.59. The second-order valence-electron chi connectivity index (χ2n) is 7.10. The number of hydrogen-bond donors (Lipinski definition) is 1. The Kier molecular flexibility index (Phi) is 3.21. The Morgan fingerprint density at radius 3 is 2.61 bits per heavy atom. The average Bonchev–Trinajstić information content (AvgIpc) is 3.10. The maximum absolute atomic E-state index is 5.59. The molecule has 1 aromatic heterocycles. The molecule has 3 aliphatic rings. The molecule has 1 saturated heterocycles. The second-order valence-corrected chi connectivity index (χ2v) is 7.10. The Balaban J connectivity index is 1.58. The highest BCUT2D eigenvalue weighted by molar-refractivity contribution is 5.81. The van der Waals surface area contributed by atoms with Gasteiger partial charge in [0.15, 0.2) is 11.5 Å². The van der Waals surface area contributed by atoms with Crippen LogP contribution in [-0.4, -0.2) is 29.4 Å². The van der Waals surface area contributed by atoms with Gasteiger partial charge in [0, 0.05) is 24.6 Å². The zero-order valence-electron chi connectivity index (χ0n) is 13.4. The number of ether oxygens (including phenoxy) is 2. The number of fused-ring (bicyclic) bond motifs is 2. The Morgan fingerprint density at radius 2 is 1.87 bits per heavy atom. The van der Waals surface area contributed by atoms with Crippen molar-refractivity contribution in [3.05, 3.63) is 18.0 Å². The van der Waals surface area contributed by atoms with E-state index in [-0.39, 0.29) is 0 Å². The van der Waals surface area contributed by atoms with E-state index in [9.17, 15) is 0 Å². The van der Waals surface area contributed by atoms with Crippen LogP contribution in [0.3, 0.4) is 0 Å². The van der Waals surface area contributed by atoms with E-state index >= 15 is 0 Å². The molecule has 0 atom stereocenters. The molecule has 2 aliphatic heterocycles. The van der Waals surface area contributed by atoms with Gasteiger partial charge in [-0.1, -0.05) is 6.42 Å². The van der Waals surface area contributed by atoms with E-state index in [2.05, 4.69) is 22.0 Å². The molecule has 0 amide bonds. The fourth-order valence-corrected chi connectivity index (χ4v) is 4.03. The zero-order chi connectivity index (χ0) is 15.2. The second kappa shape index (κ2) is 5.41. The lowest BCUT2D eigenvalue weighted by atomic mass is 9.84. The SMILES string of the molecule is c1c2c(cc3c1nc(C1CCC1)n3CC1CCNCC1)OCO2. The van der Waals surface area contributed by atoms with E-state index in [4.69, 9.17) is 14.5 Å². The van der Waals surface area contributed by atoms with Gasteiger partial charge >= 0.3 is 0 Å². The number of imidazole rings is 1. The van der Waals surface area contributed by atoms with Gasteiger partial charge in [-0.3, -0.25) is 0 Å². The lowest BCUT2D eigenvalue weighted by Gasteiger charge is -2.28. The first-order chi connectivity index (χ1) is 11.4. The van der Waals surface area contributed by atoms with Crippen LogP contribution in [0.1, 0.15) is 43.8 Å². The number of aromatic nitrogens is 2. The third-order valence-electron chi connectivity index (χ3n) is 5.64. The molecule has 1 N–H and O–H groups in total. The normalized spacial score (nSPS) is 21.7. The van der Waals surface area contributed by atoms with Crippen LogP contribution in [0, 0.1) is 5.92 Å². The highest BCUT2D eigenvalue weighted by Crippen LogP contribution is 2.41. The van der Waals surface area contributed by atoms with Crippen molar-refractivity contribution in [2.24, 2.45) is 5.92 Å². The van der Waals surface area contributed by atoms with E-state index in [1.54, 1.807) is 0 Å². The summed E-state index contributed by atoms with van der Waals surface area (Å²) in [4.78, 5) is 4.99. The van der Waals surface area contributed by atoms with Crippen molar-refractivity contribution >= 4 is 11.0 Å². The highest BCUT2D eigenvalue weighted by atomic mass is 16.7. The molecular formula is C18H23N3O2. The van der Waals surface area contributed by atoms with Gasteiger partial charge in [0.05, 0.1) is 11.0 Å². The maximum Gasteiger partial charge on any atom is 0.231 e. The third kappa shape index (κ3) is 2.29. The minimum absolute atomic E-state index is 0.325. The fraction of sp³-hybridized carbons (Fsp3) is 0.611. The molecule has 5 rings (SSSR count). The van der Waals surface area contributed by atoms with Crippen LogP contribution in [0.4, 0.5) is 0 Å². The standard InChI is InChI=1S/C18H23N3O2/c1-2-13(3-1)18-20-14-8-16-17(23-11-22-16)9-15(14)21(18)10-12-4-6-19-7-5-12/h8-9,12-13,19H,1-7,10-11H2. The van der Waals surface area contributed by atoms with Crippen LogP contribution in [0.5, 0.6) is 11.5 Å². The van der Waals surface area contributed by atoms with Gasteiger partial charge in [-0.2, -0.15) is 0 Å². The van der Waals surface area contributed by atoms with Crippen LogP contribution in [0.25, 0.3) is 11.0 Å². The summed E-state index contributed by atoms with van der Waals surface area (Å²) in [6.07, 6.45) is 6.41. The Bertz CT molecular complexity index is 729. The van der Waals surface area contributed by atoms with Crippen LogP contribution in [-0.2, 0) is 6.54 Å². The van der Waals surface area contributed by atoms with E-state index in [0.29, 0.717) is 12.7 Å². The largest absolute Gasteiger partial charge is 0.454 e. The summed E-state index contributed by atoms with van der Waals surface area (Å²) in [5.74, 6) is 4.38. The van der Waals surface area contributed by atoms with Gasteiger partial charge in [-0.25, -0.2) is 4.98 Å². The van der Waals surface area contributed by atoms with Crippen molar-refractivity contribution in [1.82, 2.24) is 14.9 Å². The number of piperidine rings is 1. The van der Waals surface area contributed by atoms with E-state index in [0.717, 1.165) is 42.6 Å². The Morgan fingerprint density at radius 1 is 1.09 bits per heavy atom. The molecule has 0 unspecified atom stereocenters. The predicted octanol–water partition coefficient (Wildman–Crippen LogP) is 3.03. The van der Waals surface area contributed by atoms with Crippen LogP contribution in [0.15, 0.2) is 12.1 Å². The van der Waals surface area contributed by atoms with Crippen molar-refractivity contribution in [1.29, 1.82) is 0 Å². The smallest absolute Gasteiger partial charge is 0.231 e. The molecule has 2 aromatic rings. The van der Waals surface area contributed by atoms with Gasteiger partial charge in [0.25, 0.3) is 0 Å². The summed E-state index contributed by atoms with van der Waals surface area (Å²) in [5, 5.41) is 3.46. The fourth-order valence-electron chi connectivity index (χ4n) is 4.03. The van der Waals surface area contributed by atoms with Crippen LogP contribution in [0.2, 0.25) is 0 Å². The summed E-state index contributed by atoms with van der Waals surface area (Å²) < 4.78 is 13.6. The Labute approximate surface area is 136 Å². The average molecular weight is 313 g/mol. The molecule has 0 radical (unpaired) electrons. The number of benzene rings is 1. The lowest BCUT2D eigenvalue weighted by Crippen LogP contribution is -2.30. The molecule has 0 spiro atoms. The van der Waals surface area contributed by atoms with Crippen molar-refractivity contribution < 1.29 is 9.47 Å². The molecule has 1 aromatic carbocycles. The third-order valence-corrected chi connectivity index (χ3v) is 5.64. The molecule has 122 valence electrons. The van der Waals surface area contributed by atoms with E-state index in [1.165, 1.54) is 43.4 Å². The van der Waals surface area contributed by atoms with Gasteiger partial charge in [0.1, 0.15) is 5.82 Å². The minimum Gasteiger partial charge on any atom is -0.454 e. The number of nitrogens with zero attached hydrogens (tertiary/aromatic N) is 2. The molecule has 5 nitrogen and oxygen atoms in total. The topological polar surface area (TPSA) is 48.3 Å². The molecular weight excluding hydrogens is 290 g/mol. The quantitative estimate of drug-likeness (QED) is 0.946. The van der Waals surface area contributed by atoms with Crippen molar-refractivity contribution in [2.75, 3.05) is 19.9 Å². The molecule has 23 heavy (non-hydrogen) atoms. The minimum atomic E-state index is 0.325. The predicted molar refractivity (Wildman–Crippen MR) is 88.0 cm³/mol. The van der Waals surface area contributed by atoms with Gasteiger partial charge in [-0.05, 0) is 44.7 Å². The number of hydrogen-bond acceptors (Lipinski definition) is 4. The van der Waals surface area contributed by atoms with Gasteiger partial charge in [-0.15, -0.1) is 0 Å². The molecule has 5 heteroatoms. The summed E-state index contributed by atoms with van der Waals surface area (Å²) in [5.41, 5.74) is 2.28. The van der Waals surface area contributed by atoms with Crippen molar-refractivity contribution in [3.63, 3.8) is 0 Å². The van der Waals surface area contributed by atoms with Gasteiger partial charge in [0.2, 0.25) is 6.79 Å². The molecule has 3 heterocycles. The number of rotatable bonds is 3. The van der Waals surface area contributed by atoms with Crippen molar-refractivity contribution in [3.8, 4) is 11.5 Å². The first-order valence-electron chi connectivity index (χ1n) is 8.89. The first-order valence-corrected chi connectivity index (χ1v) is 8.89. The molecule has 1 saturated carbocycles. The van der Waals surface area contributed by atoms with Crippen LogP contribution < -0.4 is 14.8 Å². The molecule has 0 bridgehead atoms. The summed E-state index contributed by atoms with van der Waals surface area (Å²) in [6, 6.07) is 4.19. The van der Waals surface area contributed by atoms with E-state index in [1.807, 2.05) is 0 Å². The van der Waals surface area contributed by atoms with Gasteiger partial charge < -0.3 is 19.4 Å². The summed E-state index contributed by atoms with van der Waals surface area (Å²) >= 11 is 0. The van der Waals surface area contributed by atoms with E-state index < -0.39 is 0 Å².